The number of H-pyrrole nitrogens is 1. The lowest BCUT2D eigenvalue weighted by Crippen LogP contribution is -2.32. The fourth-order valence-electron chi connectivity index (χ4n) is 1.96. The van der Waals surface area contributed by atoms with Crippen molar-refractivity contribution >= 4 is 5.91 Å². The van der Waals surface area contributed by atoms with Gasteiger partial charge in [-0.2, -0.15) is 5.10 Å². The third-order valence-electron chi connectivity index (χ3n) is 3.01. The minimum Gasteiger partial charge on any atom is -0.349 e. The topological polar surface area (TPSA) is 61.0 Å². The summed E-state index contributed by atoms with van der Waals surface area (Å²) in [6, 6.07) is 12.0. The Labute approximate surface area is 119 Å². The highest BCUT2D eigenvalue weighted by molar-refractivity contribution is 5.92. The molecule has 1 aromatic heterocycles. The fourth-order valence-corrected chi connectivity index (χ4v) is 1.96. The van der Waals surface area contributed by atoms with Crippen LogP contribution in [0.15, 0.2) is 36.4 Å². The minimum atomic E-state index is -0.137. The number of hydrogen-bond acceptors (Lipinski definition) is 3. The molecule has 1 aromatic carbocycles. The van der Waals surface area contributed by atoms with E-state index in [1.807, 2.05) is 32.2 Å². The van der Waals surface area contributed by atoms with E-state index in [1.165, 1.54) is 5.56 Å². The zero-order valence-electron chi connectivity index (χ0n) is 11.9. The number of likely N-dealkylation sites (N-methyl/N-ethyl adjacent to an activating group) is 1. The Bertz CT molecular complexity index is 550. The predicted molar refractivity (Wildman–Crippen MR) is 78.4 cm³/mol. The van der Waals surface area contributed by atoms with Crippen LogP contribution < -0.4 is 5.32 Å². The molecule has 0 spiro atoms. The Hall–Kier alpha value is -2.14. The van der Waals surface area contributed by atoms with Gasteiger partial charge >= 0.3 is 0 Å². The van der Waals surface area contributed by atoms with E-state index in [0.29, 0.717) is 12.2 Å². The summed E-state index contributed by atoms with van der Waals surface area (Å²) in [5.41, 5.74) is 2.59. The molecule has 0 bridgehead atoms. The quantitative estimate of drug-likeness (QED) is 0.839. The van der Waals surface area contributed by atoms with Gasteiger partial charge in [-0.15, -0.1) is 0 Å². The van der Waals surface area contributed by atoms with Crippen LogP contribution in [0.1, 0.15) is 21.7 Å². The zero-order valence-corrected chi connectivity index (χ0v) is 11.9. The van der Waals surface area contributed by atoms with Gasteiger partial charge in [-0.3, -0.25) is 9.89 Å². The molecule has 0 unspecified atom stereocenters. The number of aryl methyl sites for hydroxylation is 1. The molecule has 2 rings (SSSR count). The lowest BCUT2D eigenvalue weighted by atomic mass is 10.2. The lowest BCUT2D eigenvalue weighted by molar-refractivity contribution is 0.0944. The first-order valence-corrected chi connectivity index (χ1v) is 6.68. The number of benzene rings is 1. The van der Waals surface area contributed by atoms with Gasteiger partial charge < -0.3 is 10.2 Å². The summed E-state index contributed by atoms with van der Waals surface area (Å²) in [7, 11) is 2.04. The summed E-state index contributed by atoms with van der Waals surface area (Å²) in [5.74, 6) is -0.137. The van der Waals surface area contributed by atoms with Gasteiger partial charge in [-0.25, -0.2) is 0 Å². The van der Waals surface area contributed by atoms with Crippen LogP contribution in [0.2, 0.25) is 0 Å². The van der Waals surface area contributed by atoms with E-state index in [4.69, 9.17) is 0 Å². The monoisotopic (exact) mass is 272 g/mol. The van der Waals surface area contributed by atoms with Crippen molar-refractivity contribution < 1.29 is 4.79 Å². The maximum atomic E-state index is 11.8. The molecule has 0 aliphatic carbocycles. The molecule has 0 aliphatic heterocycles. The number of aromatic nitrogens is 2. The molecular formula is C15H20N4O. The second kappa shape index (κ2) is 6.86. The van der Waals surface area contributed by atoms with Crippen molar-refractivity contribution in [1.29, 1.82) is 0 Å². The summed E-state index contributed by atoms with van der Waals surface area (Å²) < 4.78 is 0. The number of aromatic amines is 1. The number of rotatable bonds is 6. The molecule has 20 heavy (non-hydrogen) atoms. The van der Waals surface area contributed by atoms with Gasteiger partial charge in [-0.1, -0.05) is 30.3 Å². The molecule has 0 saturated carbocycles. The Morgan fingerprint density at radius 1 is 1.35 bits per heavy atom. The fraction of sp³-hybridized carbons (Fsp3) is 0.333. The molecule has 2 aromatic rings. The van der Waals surface area contributed by atoms with Crippen LogP contribution in [0, 0.1) is 6.92 Å². The van der Waals surface area contributed by atoms with E-state index >= 15 is 0 Å². The van der Waals surface area contributed by atoms with Gasteiger partial charge in [0.2, 0.25) is 0 Å². The van der Waals surface area contributed by atoms with Crippen molar-refractivity contribution in [2.45, 2.75) is 13.5 Å². The molecule has 2 N–H and O–H groups in total. The van der Waals surface area contributed by atoms with Gasteiger partial charge in [0.1, 0.15) is 5.69 Å². The average molecular weight is 272 g/mol. The molecule has 1 amide bonds. The molecular weight excluding hydrogens is 252 g/mol. The van der Waals surface area contributed by atoms with Gasteiger partial charge in [0, 0.05) is 25.3 Å². The van der Waals surface area contributed by atoms with Crippen LogP contribution in [0.5, 0.6) is 0 Å². The maximum absolute atomic E-state index is 11.8. The normalized spacial score (nSPS) is 10.8. The van der Waals surface area contributed by atoms with Crippen LogP contribution in [0.3, 0.4) is 0 Å². The molecule has 0 radical (unpaired) electrons. The highest BCUT2D eigenvalue weighted by atomic mass is 16.1. The van der Waals surface area contributed by atoms with Crippen LogP contribution in [0.25, 0.3) is 0 Å². The van der Waals surface area contributed by atoms with E-state index in [9.17, 15) is 4.79 Å². The smallest absolute Gasteiger partial charge is 0.271 e. The second-order valence-corrected chi connectivity index (χ2v) is 4.92. The van der Waals surface area contributed by atoms with E-state index in [0.717, 1.165) is 18.8 Å². The standard InChI is InChI=1S/C15H20N4O/c1-12-10-14(18-17-12)15(20)16-8-9-19(2)11-13-6-4-3-5-7-13/h3-7,10H,8-9,11H2,1-2H3,(H,16,20)(H,17,18). The molecule has 5 nitrogen and oxygen atoms in total. The van der Waals surface area contributed by atoms with Crippen molar-refractivity contribution in [1.82, 2.24) is 20.4 Å². The average Bonchev–Trinajstić information content (AvgIpc) is 2.86. The first-order valence-electron chi connectivity index (χ1n) is 6.68. The third-order valence-corrected chi connectivity index (χ3v) is 3.01. The molecule has 0 saturated heterocycles. The van der Waals surface area contributed by atoms with Gasteiger partial charge in [-0.05, 0) is 25.6 Å². The highest BCUT2D eigenvalue weighted by Gasteiger charge is 2.08. The number of carbonyl (C=O) groups is 1. The Kier molecular flexibility index (Phi) is 4.90. The van der Waals surface area contributed by atoms with Crippen LogP contribution in [-0.4, -0.2) is 41.1 Å². The number of hydrogen-bond donors (Lipinski definition) is 2. The minimum absolute atomic E-state index is 0.137. The number of nitrogens with zero attached hydrogens (tertiary/aromatic N) is 2. The van der Waals surface area contributed by atoms with Crippen molar-refractivity contribution in [3.05, 3.63) is 53.3 Å². The molecule has 0 aliphatic rings. The Morgan fingerprint density at radius 3 is 2.75 bits per heavy atom. The predicted octanol–water partition coefficient (Wildman–Crippen LogP) is 1.58. The summed E-state index contributed by atoms with van der Waals surface area (Å²) in [5, 5.41) is 9.56. The summed E-state index contributed by atoms with van der Waals surface area (Å²) in [4.78, 5) is 14.0. The van der Waals surface area contributed by atoms with Crippen molar-refractivity contribution in [3.8, 4) is 0 Å². The van der Waals surface area contributed by atoms with Crippen molar-refractivity contribution in [2.75, 3.05) is 20.1 Å². The van der Waals surface area contributed by atoms with Gasteiger partial charge in [0.05, 0.1) is 0 Å². The summed E-state index contributed by atoms with van der Waals surface area (Å²) in [6.45, 7) is 4.15. The molecule has 5 heteroatoms. The highest BCUT2D eigenvalue weighted by Crippen LogP contribution is 2.02. The molecule has 0 fully saturated rings. The first kappa shape index (κ1) is 14.3. The SMILES string of the molecule is Cc1cc(C(=O)NCCN(C)Cc2ccccc2)n[nH]1. The second-order valence-electron chi connectivity index (χ2n) is 4.92. The van der Waals surface area contributed by atoms with E-state index in [1.54, 1.807) is 6.07 Å². The maximum Gasteiger partial charge on any atom is 0.271 e. The van der Waals surface area contributed by atoms with Gasteiger partial charge in [0.25, 0.3) is 5.91 Å². The zero-order chi connectivity index (χ0) is 14.4. The lowest BCUT2D eigenvalue weighted by Gasteiger charge is -2.16. The summed E-state index contributed by atoms with van der Waals surface area (Å²) >= 11 is 0. The first-order chi connectivity index (χ1) is 9.65. The van der Waals surface area contributed by atoms with Gasteiger partial charge in [0.15, 0.2) is 0 Å². The van der Waals surface area contributed by atoms with Crippen LogP contribution in [-0.2, 0) is 6.54 Å². The van der Waals surface area contributed by atoms with Crippen molar-refractivity contribution in [3.63, 3.8) is 0 Å². The number of carbonyl (C=O) groups excluding carboxylic acids is 1. The van der Waals surface area contributed by atoms with Crippen LogP contribution >= 0.6 is 0 Å². The summed E-state index contributed by atoms with van der Waals surface area (Å²) in [6.07, 6.45) is 0. The van der Waals surface area contributed by atoms with E-state index < -0.39 is 0 Å². The molecule has 1 heterocycles. The van der Waals surface area contributed by atoms with E-state index in [2.05, 4.69) is 32.5 Å². The largest absolute Gasteiger partial charge is 0.349 e. The van der Waals surface area contributed by atoms with Crippen LogP contribution in [0.4, 0.5) is 0 Å². The number of nitrogens with one attached hydrogen (secondary N) is 2. The van der Waals surface area contributed by atoms with E-state index in [-0.39, 0.29) is 5.91 Å². The Balaban J connectivity index is 1.71. The third kappa shape index (κ3) is 4.20. The molecule has 106 valence electrons. The van der Waals surface area contributed by atoms with Crippen molar-refractivity contribution in [2.24, 2.45) is 0 Å². The Morgan fingerprint density at radius 2 is 2.10 bits per heavy atom. The number of amides is 1. The molecule has 0 atom stereocenters.